The molecule has 2 N–H and O–H groups in total. The number of rotatable bonds is 3. The van der Waals surface area contributed by atoms with E-state index in [4.69, 9.17) is 0 Å². The minimum absolute atomic E-state index is 0. The SMILES string of the molecule is CC1CCCC(NC(=O)C2(n3cccn3)CCNCC2)C1.Cl. The highest BCUT2D eigenvalue weighted by Gasteiger charge is 2.42. The number of aromatic nitrogens is 2. The van der Waals surface area contributed by atoms with E-state index in [1.165, 1.54) is 12.8 Å². The monoisotopic (exact) mass is 326 g/mol. The van der Waals surface area contributed by atoms with Crippen molar-refractivity contribution in [2.45, 2.75) is 57.0 Å². The Bertz CT molecular complexity index is 471. The maximum atomic E-state index is 13.0. The van der Waals surface area contributed by atoms with Gasteiger partial charge in [0, 0.05) is 18.4 Å². The minimum Gasteiger partial charge on any atom is -0.351 e. The predicted molar refractivity (Wildman–Crippen MR) is 89.1 cm³/mol. The summed E-state index contributed by atoms with van der Waals surface area (Å²) >= 11 is 0. The molecule has 2 fully saturated rings. The smallest absolute Gasteiger partial charge is 0.248 e. The summed E-state index contributed by atoms with van der Waals surface area (Å²) in [4.78, 5) is 13.0. The summed E-state index contributed by atoms with van der Waals surface area (Å²) in [6, 6.07) is 2.24. The van der Waals surface area contributed by atoms with Gasteiger partial charge in [0.1, 0.15) is 5.54 Å². The van der Waals surface area contributed by atoms with Gasteiger partial charge in [0.2, 0.25) is 5.91 Å². The van der Waals surface area contributed by atoms with Gasteiger partial charge in [-0.25, -0.2) is 0 Å². The van der Waals surface area contributed by atoms with E-state index in [-0.39, 0.29) is 18.3 Å². The first-order chi connectivity index (χ1) is 10.2. The van der Waals surface area contributed by atoms with Crippen molar-refractivity contribution in [3.8, 4) is 0 Å². The molecule has 1 aliphatic heterocycles. The van der Waals surface area contributed by atoms with Crippen LogP contribution in [0.4, 0.5) is 0 Å². The Balaban J connectivity index is 0.00000176. The molecule has 2 atom stereocenters. The van der Waals surface area contributed by atoms with Crippen molar-refractivity contribution < 1.29 is 4.79 Å². The van der Waals surface area contributed by atoms with Crippen LogP contribution in [-0.2, 0) is 10.3 Å². The summed E-state index contributed by atoms with van der Waals surface area (Å²) in [7, 11) is 0. The van der Waals surface area contributed by atoms with E-state index >= 15 is 0 Å². The van der Waals surface area contributed by atoms with Crippen molar-refractivity contribution in [1.82, 2.24) is 20.4 Å². The summed E-state index contributed by atoms with van der Waals surface area (Å²) in [5.41, 5.74) is -0.505. The second kappa shape index (κ2) is 7.47. The van der Waals surface area contributed by atoms with Crippen LogP contribution >= 0.6 is 12.4 Å². The molecule has 22 heavy (non-hydrogen) atoms. The number of carbonyl (C=O) groups is 1. The zero-order valence-corrected chi connectivity index (χ0v) is 14.1. The largest absolute Gasteiger partial charge is 0.351 e. The molecule has 0 spiro atoms. The molecule has 1 aromatic rings. The van der Waals surface area contributed by atoms with Crippen LogP contribution in [-0.4, -0.2) is 34.8 Å². The molecular formula is C16H27ClN4O. The fourth-order valence-electron chi connectivity index (χ4n) is 3.81. The third-order valence-electron chi connectivity index (χ3n) is 5.07. The topological polar surface area (TPSA) is 59.0 Å². The second-order valence-electron chi connectivity index (χ2n) is 6.67. The van der Waals surface area contributed by atoms with E-state index in [9.17, 15) is 4.79 Å². The quantitative estimate of drug-likeness (QED) is 0.894. The number of hydrogen-bond acceptors (Lipinski definition) is 3. The Kier molecular flexibility index (Phi) is 5.87. The molecule has 0 bridgehead atoms. The van der Waals surface area contributed by atoms with Gasteiger partial charge >= 0.3 is 0 Å². The van der Waals surface area contributed by atoms with Gasteiger partial charge in [-0.2, -0.15) is 5.10 Å². The first-order valence-electron chi connectivity index (χ1n) is 8.22. The Labute approximate surface area is 138 Å². The lowest BCUT2D eigenvalue weighted by Gasteiger charge is -2.38. The van der Waals surface area contributed by atoms with E-state index in [0.29, 0.717) is 6.04 Å². The Morgan fingerprint density at radius 1 is 1.36 bits per heavy atom. The zero-order valence-electron chi connectivity index (χ0n) is 13.3. The number of piperidine rings is 1. The molecule has 2 aliphatic rings. The highest BCUT2D eigenvalue weighted by Crippen LogP contribution is 2.29. The van der Waals surface area contributed by atoms with Crippen molar-refractivity contribution in [2.24, 2.45) is 5.92 Å². The van der Waals surface area contributed by atoms with Crippen LogP contribution in [0, 0.1) is 5.92 Å². The standard InChI is InChI=1S/C16H26N4O.ClH/c1-13-4-2-5-14(12-13)19-15(21)16(6-9-17-10-7-16)20-11-3-8-18-20;/h3,8,11,13-14,17H,2,4-7,9-10,12H2,1H3,(H,19,21);1H. The Morgan fingerprint density at radius 2 is 2.14 bits per heavy atom. The van der Waals surface area contributed by atoms with Gasteiger partial charge in [0.15, 0.2) is 0 Å². The van der Waals surface area contributed by atoms with Gasteiger partial charge in [0.25, 0.3) is 0 Å². The average molecular weight is 327 g/mol. The molecule has 2 unspecified atom stereocenters. The highest BCUT2D eigenvalue weighted by molar-refractivity contribution is 5.85. The number of nitrogens with zero attached hydrogens (tertiary/aromatic N) is 2. The molecule has 124 valence electrons. The molecule has 3 rings (SSSR count). The van der Waals surface area contributed by atoms with Gasteiger partial charge in [-0.3, -0.25) is 9.48 Å². The molecule has 1 aliphatic carbocycles. The molecule has 1 saturated carbocycles. The van der Waals surface area contributed by atoms with Crippen LogP contribution in [0.15, 0.2) is 18.5 Å². The van der Waals surface area contributed by atoms with Gasteiger partial charge in [-0.15, -0.1) is 12.4 Å². The number of hydrogen-bond donors (Lipinski definition) is 2. The van der Waals surface area contributed by atoms with Gasteiger partial charge < -0.3 is 10.6 Å². The summed E-state index contributed by atoms with van der Waals surface area (Å²) in [6.45, 7) is 4.02. The third-order valence-corrected chi connectivity index (χ3v) is 5.07. The first kappa shape index (κ1) is 17.3. The molecule has 6 heteroatoms. The van der Waals surface area contributed by atoms with E-state index in [0.717, 1.165) is 44.7 Å². The molecule has 5 nitrogen and oxygen atoms in total. The molecule has 0 aromatic carbocycles. The summed E-state index contributed by atoms with van der Waals surface area (Å²) in [5, 5.41) is 11.0. The van der Waals surface area contributed by atoms with Crippen LogP contribution in [0.2, 0.25) is 0 Å². The van der Waals surface area contributed by atoms with Crippen LogP contribution in [0.3, 0.4) is 0 Å². The zero-order chi connectivity index (χ0) is 14.7. The van der Waals surface area contributed by atoms with Crippen molar-refractivity contribution >= 4 is 18.3 Å². The molecule has 1 aromatic heterocycles. The molecule has 1 amide bonds. The lowest BCUT2D eigenvalue weighted by Crippen LogP contribution is -2.56. The van der Waals surface area contributed by atoms with Crippen molar-refractivity contribution in [3.63, 3.8) is 0 Å². The molecular weight excluding hydrogens is 300 g/mol. The summed E-state index contributed by atoms with van der Waals surface area (Å²) in [5.74, 6) is 0.879. The van der Waals surface area contributed by atoms with Crippen molar-refractivity contribution in [2.75, 3.05) is 13.1 Å². The van der Waals surface area contributed by atoms with E-state index in [1.54, 1.807) is 6.20 Å². The first-order valence-corrected chi connectivity index (χ1v) is 8.22. The normalized spacial score (nSPS) is 27.7. The highest BCUT2D eigenvalue weighted by atomic mass is 35.5. The summed E-state index contributed by atoms with van der Waals surface area (Å²) < 4.78 is 1.87. The number of nitrogens with one attached hydrogen (secondary N) is 2. The maximum Gasteiger partial charge on any atom is 0.248 e. The fourth-order valence-corrected chi connectivity index (χ4v) is 3.81. The van der Waals surface area contributed by atoms with Crippen molar-refractivity contribution in [1.29, 1.82) is 0 Å². The number of carbonyl (C=O) groups excluding carboxylic acids is 1. The van der Waals surface area contributed by atoms with Gasteiger partial charge in [0.05, 0.1) is 0 Å². The Hall–Kier alpha value is -1.07. The van der Waals surface area contributed by atoms with Crippen LogP contribution < -0.4 is 10.6 Å². The van der Waals surface area contributed by atoms with Crippen LogP contribution in [0.5, 0.6) is 0 Å². The van der Waals surface area contributed by atoms with E-state index in [2.05, 4.69) is 22.7 Å². The third kappa shape index (κ3) is 3.46. The van der Waals surface area contributed by atoms with E-state index < -0.39 is 5.54 Å². The minimum atomic E-state index is -0.505. The van der Waals surface area contributed by atoms with Gasteiger partial charge in [-0.05, 0) is 50.8 Å². The second-order valence-corrected chi connectivity index (χ2v) is 6.67. The maximum absolute atomic E-state index is 13.0. The molecule has 0 radical (unpaired) electrons. The Morgan fingerprint density at radius 3 is 2.77 bits per heavy atom. The summed E-state index contributed by atoms with van der Waals surface area (Å²) in [6.07, 6.45) is 10.0. The lowest BCUT2D eigenvalue weighted by atomic mass is 9.84. The predicted octanol–water partition coefficient (Wildman–Crippen LogP) is 2.08. The van der Waals surface area contributed by atoms with Crippen LogP contribution in [0.1, 0.15) is 45.4 Å². The lowest BCUT2D eigenvalue weighted by molar-refractivity contribution is -0.133. The molecule has 1 saturated heterocycles. The van der Waals surface area contributed by atoms with Gasteiger partial charge in [-0.1, -0.05) is 19.8 Å². The average Bonchev–Trinajstić information content (AvgIpc) is 3.02. The van der Waals surface area contributed by atoms with Crippen LogP contribution in [0.25, 0.3) is 0 Å². The number of halogens is 1. The fraction of sp³-hybridized carbons (Fsp3) is 0.750. The van der Waals surface area contributed by atoms with Crippen molar-refractivity contribution in [3.05, 3.63) is 18.5 Å². The number of amides is 1. The van der Waals surface area contributed by atoms with E-state index in [1.807, 2.05) is 16.9 Å². The molecule has 2 heterocycles.